The molecule has 21 heavy (non-hydrogen) atoms. The number of carbonyl (C=O) groups is 1. The molecule has 1 atom stereocenters. The maximum absolute atomic E-state index is 10.5. The lowest BCUT2D eigenvalue weighted by Crippen LogP contribution is -2.49. The van der Waals surface area contributed by atoms with E-state index in [1.165, 1.54) is 0 Å². The number of benzene rings is 1. The molecular formula is C15H22O5Si. The van der Waals surface area contributed by atoms with E-state index in [1.54, 1.807) is 27.4 Å². The van der Waals surface area contributed by atoms with Gasteiger partial charge < -0.3 is 18.4 Å². The molecule has 6 heteroatoms. The quantitative estimate of drug-likeness (QED) is 0.591. The first-order chi connectivity index (χ1) is 10.0. The van der Waals surface area contributed by atoms with Crippen LogP contribution in [-0.2, 0) is 18.1 Å². The summed E-state index contributed by atoms with van der Waals surface area (Å²) >= 11 is 0. The Bertz CT molecular complexity index is 471. The largest absolute Gasteiger partial charge is 0.508 e. The third kappa shape index (κ3) is 4.24. The van der Waals surface area contributed by atoms with E-state index in [2.05, 4.69) is 6.92 Å². The molecule has 1 unspecified atom stereocenters. The van der Waals surface area contributed by atoms with Crippen LogP contribution >= 0.6 is 0 Å². The van der Waals surface area contributed by atoms with Gasteiger partial charge in [0.15, 0.2) is 0 Å². The van der Waals surface area contributed by atoms with E-state index in [-0.39, 0.29) is 5.54 Å². The van der Waals surface area contributed by atoms with Crippen LogP contribution in [0, 0.1) is 0 Å². The van der Waals surface area contributed by atoms with Crippen molar-refractivity contribution in [2.45, 2.75) is 18.9 Å². The van der Waals surface area contributed by atoms with Crippen molar-refractivity contribution < 1.29 is 23.2 Å². The zero-order chi connectivity index (χ0) is 15.9. The maximum atomic E-state index is 10.5. The molecule has 0 saturated heterocycles. The Morgan fingerprint density at radius 2 is 1.71 bits per heavy atom. The lowest BCUT2D eigenvalue weighted by atomic mass is 10.1. The van der Waals surface area contributed by atoms with Crippen molar-refractivity contribution in [3.8, 4) is 0 Å². The summed E-state index contributed by atoms with van der Waals surface area (Å²) in [6, 6.07) is 7.65. The van der Waals surface area contributed by atoms with E-state index in [0.29, 0.717) is 0 Å². The highest BCUT2D eigenvalue weighted by Gasteiger charge is 2.47. The molecule has 0 aromatic heterocycles. The highest BCUT2D eigenvalue weighted by atomic mass is 28.4. The van der Waals surface area contributed by atoms with Crippen molar-refractivity contribution in [3.05, 3.63) is 41.5 Å². The standard InChI is InChI=1S/C15H22O5Si/c1-5-14(21(18-2,19-3)20-4)13-9-6-12(7-10-13)8-11-15(16)17/h6-11,14H,5H2,1-4H3,(H,16,17). The third-order valence-corrected chi connectivity index (χ3v) is 6.75. The SMILES string of the molecule is CCC(c1ccc(C=CC(=O)O)cc1)[Si](OC)(OC)OC. The van der Waals surface area contributed by atoms with Gasteiger partial charge in [-0.1, -0.05) is 31.2 Å². The van der Waals surface area contributed by atoms with E-state index in [0.717, 1.165) is 23.6 Å². The summed E-state index contributed by atoms with van der Waals surface area (Å²) in [4.78, 5) is 10.5. The number of carboxylic acids is 1. The molecule has 1 aromatic carbocycles. The molecule has 0 saturated carbocycles. The van der Waals surface area contributed by atoms with Crippen LogP contribution < -0.4 is 0 Å². The monoisotopic (exact) mass is 310 g/mol. The molecule has 0 aliphatic carbocycles. The van der Waals surface area contributed by atoms with Gasteiger partial charge in [0.2, 0.25) is 0 Å². The van der Waals surface area contributed by atoms with Crippen molar-refractivity contribution in [2.24, 2.45) is 0 Å². The Kier molecular flexibility index (Phi) is 6.77. The second-order valence-electron chi connectivity index (χ2n) is 4.51. The smallest absolute Gasteiger partial charge is 0.478 e. The van der Waals surface area contributed by atoms with Gasteiger partial charge in [-0.15, -0.1) is 0 Å². The van der Waals surface area contributed by atoms with Crippen molar-refractivity contribution in [3.63, 3.8) is 0 Å². The van der Waals surface area contributed by atoms with Crippen molar-refractivity contribution >= 4 is 20.8 Å². The van der Waals surface area contributed by atoms with Gasteiger partial charge in [-0.25, -0.2) is 4.79 Å². The Labute approximate surface area is 126 Å². The molecule has 5 nitrogen and oxygen atoms in total. The van der Waals surface area contributed by atoms with Gasteiger partial charge in [0.05, 0.1) is 5.54 Å². The van der Waals surface area contributed by atoms with Gasteiger partial charge in [0, 0.05) is 27.4 Å². The molecule has 0 aliphatic heterocycles. The summed E-state index contributed by atoms with van der Waals surface area (Å²) in [5.41, 5.74) is 1.92. The lowest BCUT2D eigenvalue weighted by molar-refractivity contribution is -0.131. The zero-order valence-corrected chi connectivity index (χ0v) is 13.8. The van der Waals surface area contributed by atoms with Crippen LogP contribution in [0.3, 0.4) is 0 Å². The number of carboxylic acid groups (broad SMARTS) is 1. The summed E-state index contributed by atoms with van der Waals surface area (Å²) in [5, 5.41) is 8.63. The second-order valence-corrected chi connectivity index (χ2v) is 7.64. The average Bonchev–Trinajstić information content (AvgIpc) is 2.51. The number of aliphatic carboxylic acids is 1. The summed E-state index contributed by atoms with van der Waals surface area (Å²) in [7, 11) is 2.06. The van der Waals surface area contributed by atoms with Crippen molar-refractivity contribution in [1.29, 1.82) is 0 Å². The summed E-state index contributed by atoms with van der Waals surface area (Å²) < 4.78 is 16.7. The minimum Gasteiger partial charge on any atom is -0.478 e. The van der Waals surface area contributed by atoms with Crippen LogP contribution in [0.4, 0.5) is 0 Å². The fraction of sp³-hybridized carbons (Fsp3) is 0.400. The first kappa shape index (κ1) is 17.6. The molecule has 0 aliphatic rings. The normalized spacial score (nSPS) is 13.5. The molecule has 0 amide bonds. The molecule has 0 radical (unpaired) electrons. The number of hydrogen-bond donors (Lipinski definition) is 1. The summed E-state index contributed by atoms with van der Waals surface area (Å²) in [6.45, 7) is 2.06. The van der Waals surface area contributed by atoms with Crippen LogP contribution in [0.5, 0.6) is 0 Å². The van der Waals surface area contributed by atoms with E-state index >= 15 is 0 Å². The van der Waals surface area contributed by atoms with Gasteiger partial charge in [0.1, 0.15) is 0 Å². The molecule has 1 aromatic rings. The summed E-state index contributed by atoms with van der Waals surface area (Å²) in [5.74, 6) is -0.963. The fourth-order valence-electron chi connectivity index (χ4n) is 2.37. The molecule has 1 N–H and O–H groups in total. The summed E-state index contributed by atoms with van der Waals surface area (Å²) in [6.07, 6.45) is 3.50. The minimum absolute atomic E-state index is 0.0370. The number of rotatable bonds is 8. The van der Waals surface area contributed by atoms with Crippen LogP contribution in [0.1, 0.15) is 30.0 Å². The third-order valence-electron chi connectivity index (χ3n) is 3.45. The minimum atomic E-state index is -2.75. The predicted molar refractivity (Wildman–Crippen MR) is 82.9 cm³/mol. The van der Waals surface area contributed by atoms with E-state index in [1.807, 2.05) is 24.3 Å². The van der Waals surface area contributed by atoms with Crippen LogP contribution in [0.25, 0.3) is 6.08 Å². The topological polar surface area (TPSA) is 65.0 Å². The highest BCUT2D eigenvalue weighted by Crippen LogP contribution is 2.31. The van der Waals surface area contributed by atoms with Crippen LogP contribution in [0.2, 0.25) is 0 Å². The van der Waals surface area contributed by atoms with Gasteiger partial charge in [0.25, 0.3) is 0 Å². The van der Waals surface area contributed by atoms with Crippen molar-refractivity contribution in [1.82, 2.24) is 0 Å². The van der Waals surface area contributed by atoms with E-state index in [4.69, 9.17) is 18.4 Å². The Hall–Kier alpha value is -1.47. The molecule has 116 valence electrons. The zero-order valence-electron chi connectivity index (χ0n) is 12.8. The Morgan fingerprint density at radius 3 is 2.10 bits per heavy atom. The van der Waals surface area contributed by atoms with Gasteiger partial charge in [-0.3, -0.25) is 0 Å². The van der Waals surface area contributed by atoms with Crippen LogP contribution in [-0.4, -0.2) is 41.2 Å². The molecule has 0 heterocycles. The van der Waals surface area contributed by atoms with E-state index in [9.17, 15) is 4.79 Å². The first-order valence-electron chi connectivity index (χ1n) is 6.69. The molecule has 0 fully saturated rings. The van der Waals surface area contributed by atoms with Crippen LogP contribution in [0.15, 0.2) is 30.3 Å². The molecule has 0 bridgehead atoms. The van der Waals surface area contributed by atoms with Gasteiger partial charge in [-0.05, 0) is 23.6 Å². The van der Waals surface area contributed by atoms with Gasteiger partial charge in [-0.2, -0.15) is 0 Å². The van der Waals surface area contributed by atoms with E-state index < -0.39 is 14.8 Å². The maximum Gasteiger partial charge on any atom is 0.508 e. The molecule has 1 rings (SSSR count). The predicted octanol–water partition coefficient (Wildman–Crippen LogP) is 2.70. The highest BCUT2D eigenvalue weighted by molar-refractivity contribution is 6.62. The Morgan fingerprint density at radius 1 is 1.19 bits per heavy atom. The Balaban J connectivity index is 3.04. The lowest BCUT2D eigenvalue weighted by Gasteiger charge is -2.32. The average molecular weight is 310 g/mol. The fourth-order valence-corrected chi connectivity index (χ4v) is 4.83. The second kappa shape index (κ2) is 8.09. The number of hydrogen-bond acceptors (Lipinski definition) is 4. The molecule has 0 spiro atoms. The van der Waals surface area contributed by atoms with Crippen molar-refractivity contribution in [2.75, 3.05) is 21.3 Å². The molecular weight excluding hydrogens is 288 g/mol. The first-order valence-corrected chi connectivity index (χ1v) is 8.49. The van der Waals surface area contributed by atoms with Gasteiger partial charge >= 0.3 is 14.8 Å².